The van der Waals surface area contributed by atoms with Crippen LogP contribution in [0.1, 0.15) is 17.2 Å². The van der Waals surface area contributed by atoms with Crippen LogP contribution >= 0.6 is 11.3 Å². The van der Waals surface area contributed by atoms with Gasteiger partial charge in [-0.25, -0.2) is 4.98 Å². The smallest absolute Gasteiger partial charge is 0.123 e. The highest BCUT2D eigenvalue weighted by Gasteiger charge is 2.31. The molecule has 0 amide bonds. The first-order valence-electron chi connectivity index (χ1n) is 8.84. The summed E-state index contributed by atoms with van der Waals surface area (Å²) >= 11 is 1.68. The molecule has 4 rings (SSSR count). The number of likely N-dealkylation sites (tertiary alicyclic amines) is 1. The largest absolute Gasteiger partial charge is 0.497 e. The number of hydrogen-bond donors (Lipinski definition) is 1. The monoisotopic (exact) mass is 365 g/mol. The van der Waals surface area contributed by atoms with E-state index in [4.69, 9.17) is 15.5 Å². The lowest BCUT2D eigenvalue weighted by Crippen LogP contribution is -2.28. The van der Waals surface area contributed by atoms with Crippen molar-refractivity contribution in [3.05, 3.63) is 71.2 Å². The molecule has 1 saturated heterocycles. The number of aromatic nitrogens is 1. The molecule has 2 N–H and O–H groups in total. The molecule has 0 unspecified atom stereocenters. The van der Waals surface area contributed by atoms with E-state index in [0.717, 1.165) is 41.6 Å². The maximum Gasteiger partial charge on any atom is 0.123 e. The van der Waals surface area contributed by atoms with Crippen LogP contribution in [-0.2, 0) is 6.54 Å². The van der Waals surface area contributed by atoms with Crippen molar-refractivity contribution in [2.45, 2.75) is 18.5 Å². The second-order valence-corrected chi connectivity index (χ2v) is 7.61. The predicted octanol–water partition coefficient (Wildman–Crippen LogP) is 3.75. The lowest BCUT2D eigenvalue weighted by Gasteiger charge is -2.15. The Morgan fingerprint density at radius 3 is 2.81 bits per heavy atom. The van der Waals surface area contributed by atoms with Gasteiger partial charge in [-0.1, -0.05) is 42.5 Å². The Balaban J connectivity index is 1.45. The Morgan fingerprint density at radius 2 is 2.00 bits per heavy atom. The van der Waals surface area contributed by atoms with E-state index in [9.17, 15) is 0 Å². The van der Waals surface area contributed by atoms with E-state index in [1.165, 1.54) is 5.56 Å². The highest BCUT2D eigenvalue weighted by molar-refractivity contribution is 7.13. The minimum Gasteiger partial charge on any atom is -0.497 e. The third kappa shape index (κ3) is 3.65. The molecular formula is C21H23N3OS. The lowest BCUT2D eigenvalue weighted by molar-refractivity contribution is 0.320. The number of methoxy groups -OCH3 is 1. The molecule has 0 radical (unpaired) electrons. The molecule has 26 heavy (non-hydrogen) atoms. The van der Waals surface area contributed by atoms with Crippen molar-refractivity contribution in [2.24, 2.45) is 5.73 Å². The minimum absolute atomic E-state index is 0.175. The zero-order valence-corrected chi connectivity index (χ0v) is 15.7. The van der Waals surface area contributed by atoms with Gasteiger partial charge in [0.05, 0.1) is 12.8 Å². The Morgan fingerprint density at radius 1 is 1.15 bits per heavy atom. The normalized spacial score (nSPS) is 20.4. The second-order valence-electron chi connectivity index (χ2n) is 6.75. The van der Waals surface area contributed by atoms with Crippen molar-refractivity contribution in [3.63, 3.8) is 0 Å². The molecular weight excluding hydrogens is 342 g/mol. The second kappa shape index (κ2) is 7.58. The zero-order chi connectivity index (χ0) is 17.9. The van der Waals surface area contributed by atoms with Gasteiger partial charge in [0.1, 0.15) is 10.8 Å². The summed E-state index contributed by atoms with van der Waals surface area (Å²) in [7, 11) is 1.69. The van der Waals surface area contributed by atoms with Gasteiger partial charge in [-0.05, 0) is 17.7 Å². The van der Waals surface area contributed by atoms with Crippen molar-refractivity contribution in [2.75, 3.05) is 20.2 Å². The molecule has 0 saturated carbocycles. The average molecular weight is 366 g/mol. The van der Waals surface area contributed by atoms with Crippen LogP contribution in [0.15, 0.2) is 60.0 Å². The molecule has 3 aromatic rings. The molecule has 0 spiro atoms. The van der Waals surface area contributed by atoms with Gasteiger partial charge in [0.25, 0.3) is 0 Å². The van der Waals surface area contributed by atoms with Crippen molar-refractivity contribution in [1.82, 2.24) is 9.88 Å². The zero-order valence-electron chi connectivity index (χ0n) is 14.8. The van der Waals surface area contributed by atoms with E-state index in [1.54, 1.807) is 18.4 Å². The molecule has 1 aliphatic heterocycles. The molecule has 1 aliphatic rings. The summed E-state index contributed by atoms with van der Waals surface area (Å²) in [5.41, 5.74) is 9.94. The van der Waals surface area contributed by atoms with Gasteiger partial charge in [0, 0.05) is 42.5 Å². The SMILES string of the molecule is COc1cccc(-c2nc(CN3C[C@@H](N)[C@H](c4ccccc4)C3)cs2)c1. The molecule has 1 fully saturated rings. The standard InChI is InChI=1S/C21H23N3OS/c1-25-18-9-5-8-16(10-18)21-23-17(14-26-21)11-24-12-19(20(22)13-24)15-6-3-2-4-7-15/h2-10,14,19-20H,11-13,22H2,1H3/t19-,20+/m0/s1. The van der Waals surface area contributed by atoms with Crippen molar-refractivity contribution in [1.29, 1.82) is 0 Å². The summed E-state index contributed by atoms with van der Waals surface area (Å²) in [5, 5.41) is 3.18. The van der Waals surface area contributed by atoms with Gasteiger partial charge in [-0.2, -0.15) is 0 Å². The van der Waals surface area contributed by atoms with E-state index in [1.807, 2.05) is 18.2 Å². The fourth-order valence-electron chi connectivity index (χ4n) is 3.59. The molecule has 2 heterocycles. The highest BCUT2D eigenvalue weighted by Crippen LogP contribution is 2.30. The van der Waals surface area contributed by atoms with Gasteiger partial charge in [0.2, 0.25) is 0 Å². The molecule has 0 bridgehead atoms. The molecule has 0 aliphatic carbocycles. The number of hydrogen-bond acceptors (Lipinski definition) is 5. The molecule has 134 valence electrons. The lowest BCUT2D eigenvalue weighted by atomic mass is 9.95. The van der Waals surface area contributed by atoms with Crippen LogP contribution in [0, 0.1) is 0 Å². The van der Waals surface area contributed by atoms with Crippen LogP contribution in [-0.4, -0.2) is 36.1 Å². The first kappa shape index (κ1) is 17.2. The van der Waals surface area contributed by atoms with Crippen molar-refractivity contribution < 1.29 is 4.74 Å². The third-order valence-electron chi connectivity index (χ3n) is 4.92. The van der Waals surface area contributed by atoms with E-state index in [2.05, 4.69) is 46.7 Å². The first-order chi connectivity index (χ1) is 12.7. The van der Waals surface area contributed by atoms with E-state index in [-0.39, 0.29) is 6.04 Å². The highest BCUT2D eigenvalue weighted by atomic mass is 32.1. The van der Waals surface area contributed by atoms with Gasteiger partial charge < -0.3 is 10.5 Å². The van der Waals surface area contributed by atoms with Gasteiger partial charge in [-0.3, -0.25) is 4.90 Å². The van der Waals surface area contributed by atoms with Crippen molar-refractivity contribution >= 4 is 11.3 Å². The number of nitrogens with zero attached hydrogens (tertiary/aromatic N) is 2. The van der Waals surface area contributed by atoms with E-state index >= 15 is 0 Å². The summed E-state index contributed by atoms with van der Waals surface area (Å²) in [4.78, 5) is 7.23. The third-order valence-corrected chi connectivity index (χ3v) is 5.86. The van der Waals surface area contributed by atoms with Crippen LogP contribution in [0.5, 0.6) is 5.75 Å². The van der Waals surface area contributed by atoms with E-state index in [0.29, 0.717) is 5.92 Å². The number of rotatable bonds is 5. The maximum atomic E-state index is 6.41. The number of thiazole rings is 1. The molecule has 2 atom stereocenters. The molecule has 2 aromatic carbocycles. The Labute approximate surface area is 158 Å². The number of ether oxygens (including phenoxy) is 1. The Bertz CT molecular complexity index is 864. The van der Waals surface area contributed by atoms with Crippen LogP contribution in [0.4, 0.5) is 0 Å². The van der Waals surface area contributed by atoms with Gasteiger partial charge in [-0.15, -0.1) is 11.3 Å². The van der Waals surface area contributed by atoms with Crippen LogP contribution < -0.4 is 10.5 Å². The summed E-state index contributed by atoms with van der Waals surface area (Å²) in [6.45, 7) is 2.74. The molecule has 1 aromatic heterocycles. The summed E-state index contributed by atoms with van der Waals surface area (Å²) in [6.07, 6.45) is 0. The summed E-state index contributed by atoms with van der Waals surface area (Å²) < 4.78 is 5.31. The molecule has 5 heteroatoms. The summed E-state index contributed by atoms with van der Waals surface area (Å²) in [5.74, 6) is 1.25. The molecule has 4 nitrogen and oxygen atoms in total. The topological polar surface area (TPSA) is 51.4 Å². The minimum atomic E-state index is 0.175. The van der Waals surface area contributed by atoms with Crippen LogP contribution in [0.3, 0.4) is 0 Å². The number of nitrogens with two attached hydrogens (primary N) is 1. The Kier molecular flexibility index (Phi) is 5.02. The quantitative estimate of drug-likeness (QED) is 0.748. The first-order valence-corrected chi connectivity index (χ1v) is 9.72. The number of benzene rings is 2. The van der Waals surface area contributed by atoms with Crippen LogP contribution in [0.25, 0.3) is 10.6 Å². The summed E-state index contributed by atoms with van der Waals surface area (Å²) in [6, 6.07) is 18.8. The van der Waals surface area contributed by atoms with E-state index < -0.39 is 0 Å². The van der Waals surface area contributed by atoms with Gasteiger partial charge >= 0.3 is 0 Å². The van der Waals surface area contributed by atoms with Crippen molar-refractivity contribution in [3.8, 4) is 16.3 Å². The fourth-order valence-corrected chi connectivity index (χ4v) is 4.40. The predicted molar refractivity (Wildman–Crippen MR) is 107 cm³/mol. The fraction of sp³-hybridized carbons (Fsp3) is 0.286. The average Bonchev–Trinajstić information content (AvgIpc) is 3.29. The van der Waals surface area contributed by atoms with Crippen LogP contribution in [0.2, 0.25) is 0 Å². The Hall–Kier alpha value is -2.21. The van der Waals surface area contributed by atoms with Gasteiger partial charge in [0.15, 0.2) is 0 Å². The maximum absolute atomic E-state index is 6.41.